The average Bonchev–Trinajstić information content (AvgIpc) is 3.13. The highest BCUT2D eigenvalue weighted by Gasteiger charge is 2.36. The van der Waals surface area contributed by atoms with E-state index in [0.29, 0.717) is 17.9 Å². The highest BCUT2D eigenvalue weighted by atomic mass is 19.4. The minimum Gasteiger partial charge on any atom is -0.314 e. The van der Waals surface area contributed by atoms with Gasteiger partial charge in [0.1, 0.15) is 0 Å². The molecular formula is C16H20F3N. The van der Waals surface area contributed by atoms with Gasteiger partial charge in [-0.1, -0.05) is 6.07 Å². The van der Waals surface area contributed by atoms with Gasteiger partial charge < -0.3 is 5.32 Å². The van der Waals surface area contributed by atoms with Crippen LogP contribution >= 0.6 is 0 Å². The van der Waals surface area contributed by atoms with E-state index in [9.17, 15) is 13.2 Å². The minimum atomic E-state index is -4.24. The molecule has 2 aliphatic rings. The topological polar surface area (TPSA) is 12.0 Å². The number of halogens is 3. The minimum absolute atomic E-state index is 0.434. The number of rotatable bonds is 4. The van der Waals surface area contributed by atoms with E-state index < -0.39 is 11.7 Å². The fourth-order valence-electron chi connectivity index (χ4n) is 3.10. The fraction of sp³-hybridized carbons (Fsp3) is 0.625. The van der Waals surface area contributed by atoms with Crippen molar-refractivity contribution in [1.82, 2.24) is 5.32 Å². The van der Waals surface area contributed by atoms with E-state index in [2.05, 4.69) is 5.32 Å². The quantitative estimate of drug-likeness (QED) is 0.870. The van der Waals surface area contributed by atoms with Crippen molar-refractivity contribution in [2.24, 2.45) is 5.92 Å². The molecule has 0 aliphatic heterocycles. The van der Waals surface area contributed by atoms with E-state index in [-0.39, 0.29) is 0 Å². The molecule has 2 atom stereocenters. The van der Waals surface area contributed by atoms with E-state index >= 15 is 0 Å². The summed E-state index contributed by atoms with van der Waals surface area (Å²) in [5.74, 6) is 1.02. The Kier molecular flexibility index (Phi) is 3.53. The first-order valence-corrected chi connectivity index (χ1v) is 7.36. The van der Waals surface area contributed by atoms with Gasteiger partial charge in [0.2, 0.25) is 0 Å². The molecule has 4 heteroatoms. The lowest BCUT2D eigenvalue weighted by Gasteiger charge is -2.38. The van der Waals surface area contributed by atoms with Crippen molar-refractivity contribution in [1.29, 1.82) is 0 Å². The molecule has 0 aromatic heterocycles. The summed E-state index contributed by atoms with van der Waals surface area (Å²) in [6.45, 7) is 2.81. The maximum atomic E-state index is 12.7. The van der Waals surface area contributed by atoms with Crippen LogP contribution in [0.5, 0.6) is 0 Å². The van der Waals surface area contributed by atoms with Gasteiger partial charge in [-0.2, -0.15) is 13.2 Å². The van der Waals surface area contributed by atoms with Crippen molar-refractivity contribution in [2.75, 3.05) is 6.54 Å². The molecule has 0 saturated heterocycles. The monoisotopic (exact) mass is 283 g/mol. The third kappa shape index (κ3) is 2.85. The molecule has 20 heavy (non-hydrogen) atoms. The number of nitrogens with one attached hydrogen (secondary N) is 1. The third-order valence-corrected chi connectivity index (χ3v) is 4.66. The molecule has 110 valence electrons. The molecule has 1 aromatic rings. The van der Waals surface area contributed by atoms with Gasteiger partial charge in [-0.05, 0) is 74.2 Å². The highest BCUT2D eigenvalue weighted by Crippen LogP contribution is 2.44. The van der Waals surface area contributed by atoms with Crippen molar-refractivity contribution in [3.8, 4) is 0 Å². The number of benzene rings is 1. The number of hydrogen-bond donors (Lipinski definition) is 1. The third-order valence-electron chi connectivity index (χ3n) is 4.66. The van der Waals surface area contributed by atoms with Crippen LogP contribution in [0.4, 0.5) is 13.2 Å². The van der Waals surface area contributed by atoms with Crippen LogP contribution in [0.1, 0.15) is 48.3 Å². The van der Waals surface area contributed by atoms with Gasteiger partial charge in [0.05, 0.1) is 5.56 Å². The Morgan fingerprint density at radius 1 is 1.15 bits per heavy atom. The largest absolute Gasteiger partial charge is 0.416 e. The molecule has 2 aliphatic carbocycles. The summed E-state index contributed by atoms with van der Waals surface area (Å²) in [4.78, 5) is 0. The zero-order valence-corrected chi connectivity index (χ0v) is 11.6. The van der Waals surface area contributed by atoms with Crippen molar-refractivity contribution in [3.05, 3.63) is 34.9 Å². The second kappa shape index (κ2) is 5.06. The summed E-state index contributed by atoms with van der Waals surface area (Å²) < 4.78 is 38.0. The second-order valence-electron chi connectivity index (χ2n) is 6.20. The van der Waals surface area contributed by atoms with Gasteiger partial charge in [0.15, 0.2) is 0 Å². The summed E-state index contributed by atoms with van der Waals surface area (Å²) in [5, 5.41) is 3.53. The lowest BCUT2D eigenvalue weighted by atomic mass is 9.69. The Bertz CT molecular complexity index is 491. The molecule has 0 amide bonds. The molecule has 2 saturated carbocycles. The molecule has 1 N–H and O–H groups in total. The highest BCUT2D eigenvalue weighted by molar-refractivity contribution is 5.36. The molecule has 1 aromatic carbocycles. The zero-order valence-electron chi connectivity index (χ0n) is 11.6. The Morgan fingerprint density at radius 3 is 2.40 bits per heavy atom. The van der Waals surface area contributed by atoms with Crippen molar-refractivity contribution < 1.29 is 13.2 Å². The standard InChI is InChI=1S/C16H20F3N/c1-10-8-12(16(17,18)19)3-7-14(10)15-6-2-11(15)9-20-13-4-5-13/h3,7-8,11,13,15,20H,2,4-6,9H2,1H3. The van der Waals surface area contributed by atoms with E-state index in [0.717, 1.165) is 24.1 Å². The van der Waals surface area contributed by atoms with Gasteiger partial charge in [-0.25, -0.2) is 0 Å². The maximum absolute atomic E-state index is 12.7. The molecule has 0 bridgehead atoms. The van der Waals surface area contributed by atoms with E-state index in [1.807, 2.05) is 0 Å². The first kappa shape index (κ1) is 13.9. The predicted molar refractivity (Wildman–Crippen MR) is 72.7 cm³/mol. The summed E-state index contributed by atoms with van der Waals surface area (Å²) in [6.07, 6.45) is 0.595. The lowest BCUT2D eigenvalue weighted by Crippen LogP contribution is -2.35. The van der Waals surface area contributed by atoms with Gasteiger partial charge in [0, 0.05) is 6.04 Å². The second-order valence-corrected chi connectivity index (χ2v) is 6.20. The smallest absolute Gasteiger partial charge is 0.314 e. The predicted octanol–water partition coefficient (Wildman–Crippen LogP) is 4.26. The molecule has 2 fully saturated rings. The summed E-state index contributed by atoms with van der Waals surface area (Å²) >= 11 is 0. The van der Waals surface area contributed by atoms with Gasteiger partial charge in [0.25, 0.3) is 0 Å². The fourth-order valence-corrected chi connectivity index (χ4v) is 3.10. The van der Waals surface area contributed by atoms with Crippen LogP contribution in [0.3, 0.4) is 0 Å². The van der Waals surface area contributed by atoms with Crippen LogP contribution in [0.15, 0.2) is 18.2 Å². The molecule has 0 spiro atoms. The maximum Gasteiger partial charge on any atom is 0.416 e. The average molecular weight is 283 g/mol. The Balaban J connectivity index is 1.70. The molecular weight excluding hydrogens is 263 g/mol. The number of hydrogen-bond acceptors (Lipinski definition) is 1. The molecule has 1 nitrogen and oxygen atoms in total. The normalized spacial score (nSPS) is 26.4. The molecule has 3 rings (SSSR count). The lowest BCUT2D eigenvalue weighted by molar-refractivity contribution is -0.137. The van der Waals surface area contributed by atoms with Crippen molar-refractivity contribution in [2.45, 2.75) is 50.7 Å². The van der Waals surface area contributed by atoms with E-state index in [1.165, 1.54) is 31.4 Å². The van der Waals surface area contributed by atoms with Gasteiger partial charge in [-0.3, -0.25) is 0 Å². The number of aryl methyl sites for hydroxylation is 1. The summed E-state index contributed by atoms with van der Waals surface area (Å²) in [5.41, 5.74) is 1.35. The Morgan fingerprint density at radius 2 is 1.90 bits per heavy atom. The van der Waals surface area contributed by atoms with E-state index in [1.54, 1.807) is 13.0 Å². The Hall–Kier alpha value is -1.03. The van der Waals surface area contributed by atoms with Crippen LogP contribution in [-0.4, -0.2) is 12.6 Å². The van der Waals surface area contributed by atoms with Crippen LogP contribution < -0.4 is 5.32 Å². The molecule has 2 unspecified atom stereocenters. The molecule has 0 heterocycles. The van der Waals surface area contributed by atoms with Gasteiger partial charge >= 0.3 is 6.18 Å². The zero-order chi connectivity index (χ0) is 14.3. The van der Waals surface area contributed by atoms with Crippen molar-refractivity contribution >= 4 is 0 Å². The van der Waals surface area contributed by atoms with Crippen LogP contribution in [0, 0.1) is 12.8 Å². The first-order chi connectivity index (χ1) is 9.45. The first-order valence-electron chi connectivity index (χ1n) is 7.36. The summed E-state index contributed by atoms with van der Waals surface area (Å²) in [7, 11) is 0. The van der Waals surface area contributed by atoms with E-state index in [4.69, 9.17) is 0 Å². The SMILES string of the molecule is Cc1cc(C(F)(F)F)ccc1C1CCC1CNC1CC1. The van der Waals surface area contributed by atoms with Gasteiger partial charge in [-0.15, -0.1) is 0 Å². The number of alkyl halides is 3. The van der Waals surface area contributed by atoms with Crippen LogP contribution in [-0.2, 0) is 6.18 Å². The molecule has 0 radical (unpaired) electrons. The van der Waals surface area contributed by atoms with Crippen LogP contribution in [0.25, 0.3) is 0 Å². The van der Waals surface area contributed by atoms with Crippen LogP contribution in [0.2, 0.25) is 0 Å². The Labute approximate surface area is 117 Å². The summed E-state index contributed by atoms with van der Waals surface area (Å²) in [6, 6.07) is 4.90. The van der Waals surface area contributed by atoms with Crippen molar-refractivity contribution in [3.63, 3.8) is 0 Å².